The number of rotatable bonds is 4. The molecule has 0 unspecified atom stereocenters. The summed E-state index contributed by atoms with van der Waals surface area (Å²) < 4.78 is 0. The van der Waals surface area contributed by atoms with Gasteiger partial charge in [-0.2, -0.15) is 0 Å². The van der Waals surface area contributed by atoms with E-state index in [1.54, 1.807) is 0 Å². The van der Waals surface area contributed by atoms with Gasteiger partial charge >= 0.3 is 0 Å². The van der Waals surface area contributed by atoms with Crippen molar-refractivity contribution in [1.29, 1.82) is 0 Å². The molecule has 1 nitrogen and oxygen atoms in total. The van der Waals surface area contributed by atoms with E-state index in [4.69, 9.17) is 0 Å². The molecule has 0 aliphatic heterocycles. The predicted octanol–water partition coefficient (Wildman–Crippen LogP) is 3.59. The average Bonchev–Trinajstić information content (AvgIpc) is 2.03. The molecule has 0 saturated heterocycles. The molecule has 0 radical (unpaired) electrons. The van der Waals surface area contributed by atoms with Crippen LogP contribution in [0.15, 0.2) is 11.1 Å². The SMILES string of the molecule is CC/C(=C(/C)C(=O)C(C)C)C(C)C. The van der Waals surface area contributed by atoms with Gasteiger partial charge < -0.3 is 0 Å². The molecule has 0 fully saturated rings. The van der Waals surface area contributed by atoms with Crippen molar-refractivity contribution in [2.75, 3.05) is 0 Å². The highest BCUT2D eigenvalue weighted by molar-refractivity contribution is 5.96. The van der Waals surface area contributed by atoms with Crippen LogP contribution < -0.4 is 0 Å². The maximum absolute atomic E-state index is 11.7. The summed E-state index contributed by atoms with van der Waals surface area (Å²) in [5.74, 6) is 0.915. The number of carbonyl (C=O) groups excluding carboxylic acids is 1. The van der Waals surface area contributed by atoms with Crippen LogP contribution in [0.3, 0.4) is 0 Å². The summed E-state index contributed by atoms with van der Waals surface area (Å²) in [5.41, 5.74) is 2.28. The van der Waals surface area contributed by atoms with E-state index in [1.807, 2.05) is 20.8 Å². The van der Waals surface area contributed by atoms with E-state index in [0.29, 0.717) is 11.7 Å². The predicted molar refractivity (Wildman–Crippen MR) is 57.7 cm³/mol. The second-order valence-corrected chi connectivity index (χ2v) is 4.18. The summed E-state index contributed by atoms with van der Waals surface area (Å²) in [6.45, 7) is 12.3. The molecule has 76 valence electrons. The Morgan fingerprint density at radius 2 is 1.54 bits per heavy atom. The Bertz CT molecular complexity index is 209. The lowest BCUT2D eigenvalue weighted by molar-refractivity contribution is -0.118. The molecule has 0 amide bonds. The van der Waals surface area contributed by atoms with Gasteiger partial charge in [-0.05, 0) is 24.8 Å². The summed E-state index contributed by atoms with van der Waals surface area (Å²) in [6.07, 6.45) is 0.988. The van der Waals surface area contributed by atoms with Gasteiger partial charge in [0.25, 0.3) is 0 Å². The topological polar surface area (TPSA) is 17.1 Å². The van der Waals surface area contributed by atoms with Crippen LogP contribution in [-0.2, 0) is 4.79 Å². The first kappa shape index (κ1) is 12.4. The minimum atomic E-state index is 0.125. The van der Waals surface area contributed by atoms with Gasteiger partial charge in [0, 0.05) is 5.92 Å². The second kappa shape index (κ2) is 5.21. The van der Waals surface area contributed by atoms with Crippen LogP contribution >= 0.6 is 0 Å². The third-order valence-corrected chi connectivity index (χ3v) is 2.45. The van der Waals surface area contributed by atoms with E-state index >= 15 is 0 Å². The molecular weight excluding hydrogens is 160 g/mol. The quantitative estimate of drug-likeness (QED) is 0.607. The van der Waals surface area contributed by atoms with Crippen molar-refractivity contribution in [2.45, 2.75) is 48.0 Å². The lowest BCUT2D eigenvalue weighted by Crippen LogP contribution is -2.12. The number of carbonyl (C=O) groups is 1. The fourth-order valence-corrected chi connectivity index (χ4v) is 1.70. The van der Waals surface area contributed by atoms with E-state index in [2.05, 4.69) is 20.8 Å². The van der Waals surface area contributed by atoms with E-state index in [0.717, 1.165) is 12.0 Å². The Morgan fingerprint density at radius 3 is 1.77 bits per heavy atom. The summed E-state index contributed by atoms with van der Waals surface area (Å²) in [7, 11) is 0. The third-order valence-electron chi connectivity index (χ3n) is 2.45. The molecule has 0 spiro atoms. The van der Waals surface area contributed by atoms with Gasteiger partial charge in [0.15, 0.2) is 5.78 Å². The van der Waals surface area contributed by atoms with E-state index in [1.165, 1.54) is 5.57 Å². The molecule has 0 aromatic rings. The lowest BCUT2D eigenvalue weighted by atomic mass is 9.90. The van der Waals surface area contributed by atoms with Crippen molar-refractivity contribution < 1.29 is 4.79 Å². The molecule has 13 heavy (non-hydrogen) atoms. The minimum Gasteiger partial charge on any atom is -0.294 e. The average molecular weight is 182 g/mol. The van der Waals surface area contributed by atoms with Crippen LogP contribution in [0.5, 0.6) is 0 Å². The van der Waals surface area contributed by atoms with Gasteiger partial charge in [-0.3, -0.25) is 4.79 Å². The van der Waals surface area contributed by atoms with Gasteiger partial charge in [0.2, 0.25) is 0 Å². The molecule has 0 aliphatic rings. The molecule has 0 aliphatic carbocycles. The Morgan fingerprint density at radius 1 is 1.08 bits per heavy atom. The van der Waals surface area contributed by atoms with Gasteiger partial charge in [-0.15, -0.1) is 0 Å². The van der Waals surface area contributed by atoms with Crippen LogP contribution in [0.2, 0.25) is 0 Å². The fraction of sp³-hybridized carbons (Fsp3) is 0.750. The summed E-state index contributed by atoms with van der Waals surface area (Å²) >= 11 is 0. The van der Waals surface area contributed by atoms with E-state index in [9.17, 15) is 4.79 Å². The molecule has 0 heterocycles. The number of hydrogen-bond acceptors (Lipinski definition) is 1. The summed E-state index contributed by atoms with van der Waals surface area (Å²) in [5, 5.41) is 0. The maximum Gasteiger partial charge on any atom is 0.161 e. The molecule has 0 N–H and O–H groups in total. The van der Waals surface area contributed by atoms with Crippen molar-refractivity contribution in [3.63, 3.8) is 0 Å². The summed E-state index contributed by atoms with van der Waals surface area (Å²) in [4.78, 5) is 11.7. The minimum absolute atomic E-state index is 0.125. The first-order valence-corrected chi connectivity index (χ1v) is 5.15. The van der Waals surface area contributed by atoms with Gasteiger partial charge in [0.1, 0.15) is 0 Å². The third kappa shape index (κ3) is 3.33. The lowest BCUT2D eigenvalue weighted by Gasteiger charge is -2.14. The highest BCUT2D eigenvalue weighted by Crippen LogP contribution is 2.20. The zero-order valence-corrected chi connectivity index (χ0v) is 9.77. The van der Waals surface area contributed by atoms with E-state index < -0.39 is 0 Å². The van der Waals surface area contributed by atoms with Crippen LogP contribution in [0.4, 0.5) is 0 Å². The van der Waals surface area contributed by atoms with Gasteiger partial charge in [-0.1, -0.05) is 40.2 Å². The van der Waals surface area contributed by atoms with Gasteiger partial charge in [-0.25, -0.2) is 0 Å². The van der Waals surface area contributed by atoms with Crippen molar-refractivity contribution in [1.82, 2.24) is 0 Å². The Labute approximate surface area is 82.2 Å². The van der Waals surface area contributed by atoms with Crippen LogP contribution in [0.1, 0.15) is 48.0 Å². The van der Waals surface area contributed by atoms with Crippen LogP contribution in [0.25, 0.3) is 0 Å². The molecular formula is C12H22O. The maximum atomic E-state index is 11.7. The standard InChI is InChI=1S/C12H22O/c1-7-11(8(2)3)10(6)12(13)9(4)5/h8-9H,7H2,1-6H3/b11-10+. The Kier molecular flexibility index (Phi) is 4.97. The molecule has 1 heteroatoms. The molecule has 0 atom stereocenters. The fourth-order valence-electron chi connectivity index (χ4n) is 1.70. The molecule has 0 aromatic heterocycles. The number of ketones is 1. The number of allylic oxidation sites excluding steroid dienone is 2. The first-order chi connectivity index (χ1) is 5.91. The van der Waals surface area contributed by atoms with Gasteiger partial charge in [0.05, 0.1) is 0 Å². The zero-order valence-electron chi connectivity index (χ0n) is 9.77. The highest BCUT2D eigenvalue weighted by Gasteiger charge is 2.14. The van der Waals surface area contributed by atoms with Crippen molar-refractivity contribution in [3.8, 4) is 0 Å². The monoisotopic (exact) mass is 182 g/mol. The number of Topliss-reactive ketones (excluding diaryl/α,β-unsaturated/α-hetero) is 1. The normalized spacial score (nSPS) is 13.5. The van der Waals surface area contributed by atoms with Crippen molar-refractivity contribution >= 4 is 5.78 Å². The number of hydrogen-bond donors (Lipinski definition) is 0. The first-order valence-electron chi connectivity index (χ1n) is 5.15. The van der Waals surface area contributed by atoms with Crippen molar-refractivity contribution in [3.05, 3.63) is 11.1 Å². The smallest absolute Gasteiger partial charge is 0.161 e. The zero-order chi connectivity index (χ0) is 10.6. The van der Waals surface area contributed by atoms with Crippen LogP contribution in [0, 0.1) is 11.8 Å². The van der Waals surface area contributed by atoms with Crippen LogP contribution in [-0.4, -0.2) is 5.78 Å². The summed E-state index contributed by atoms with van der Waals surface area (Å²) in [6, 6.07) is 0. The molecule has 0 bridgehead atoms. The Hall–Kier alpha value is -0.590. The molecule has 0 saturated carbocycles. The van der Waals surface area contributed by atoms with E-state index in [-0.39, 0.29) is 5.92 Å². The highest BCUT2D eigenvalue weighted by atomic mass is 16.1. The largest absolute Gasteiger partial charge is 0.294 e. The van der Waals surface area contributed by atoms with Crippen molar-refractivity contribution in [2.24, 2.45) is 11.8 Å². The Balaban J connectivity index is 4.85. The second-order valence-electron chi connectivity index (χ2n) is 4.18. The molecule has 0 rings (SSSR count). The molecule has 0 aromatic carbocycles.